The predicted octanol–water partition coefficient (Wildman–Crippen LogP) is 2.87. The molecule has 110 valence electrons. The molecule has 0 spiro atoms. The van der Waals surface area contributed by atoms with Crippen LogP contribution in [0.4, 0.5) is 0 Å². The minimum Gasteiger partial charge on any atom is -0.497 e. The lowest BCUT2D eigenvalue weighted by atomic mass is 10.2. The number of hydrogen-bond donors (Lipinski definition) is 1. The average molecular weight is 276 g/mol. The Balaban J connectivity index is 0. The molecule has 0 heterocycles. The number of terminal acetylenes is 2. The summed E-state index contributed by atoms with van der Waals surface area (Å²) in [6.07, 6.45) is 11.0. The van der Waals surface area contributed by atoms with Crippen LogP contribution in [0.25, 0.3) is 0 Å². The lowest BCUT2D eigenvalue weighted by Crippen LogP contribution is -1.94. The second-order valence-electron chi connectivity index (χ2n) is 3.53. The van der Waals surface area contributed by atoms with E-state index in [9.17, 15) is 0 Å². The van der Waals surface area contributed by atoms with E-state index in [-0.39, 0.29) is 14.0 Å². The van der Waals surface area contributed by atoms with Gasteiger partial charge in [0.15, 0.2) is 0 Å². The van der Waals surface area contributed by atoms with E-state index >= 15 is 0 Å². The zero-order valence-corrected chi connectivity index (χ0v) is 11.3. The van der Waals surface area contributed by atoms with Crippen LogP contribution in [-0.4, -0.2) is 25.4 Å². The predicted molar refractivity (Wildman–Crippen MR) is 83.4 cm³/mol. The highest BCUT2D eigenvalue weighted by Crippen LogP contribution is 2.11. The number of benzene rings is 1. The summed E-state index contributed by atoms with van der Waals surface area (Å²) < 4.78 is 10.4. The van der Waals surface area contributed by atoms with Gasteiger partial charge in [-0.2, -0.15) is 0 Å². The molecule has 0 aliphatic carbocycles. The number of rotatable bonds is 6. The standard InChI is InChI=1S/C12H14O2.C4H6O.CH4/c1-3-4-9-14-10-11-5-7-12(13-2)8-6-11;1-2-3-4-5;/h1,5-8H,4,9-10H2,2H3;1,5H,3-4H2;1H4. The van der Waals surface area contributed by atoms with Gasteiger partial charge in [-0.15, -0.1) is 24.7 Å². The third-order valence-electron chi connectivity index (χ3n) is 2.07. The molecule has 0 aliphatic rings. The lowest BCUT2D eigenvalue weighted by Gasteiger charge is -2.03. The number of ether oxygens (including phenoxy) is 2. The van der Waals surface area contributed by atoms with Crippen LogP contribution in [0.5, 0.6) is 5.75 Å². The average Bonchev–Trinajstić information content (AvgIpc) is 2.46. The summed E-state index contributed by atoms with van der Waals surface area (Å²) in [6, 6.07) is 7.79. The van der Waals surface area contributed by atoms with E-state index in [1.54, 1.807) is 7.11 Å². The van der Waals surface area contributed by atoms with E-state index in [1.165, 1.54) is 0 Å². The SMILES string of the molecule is C.C#CCCO.C#CCCOCc1ccc(OC)cc1. The van der Waals surface area contributed by atoms with Gasteiger partial charge in [-0.05, 0) is 17.7 Å². The molecule has 3 heteroatoms. The molecule has 1 rings (SSSR count). The molecular formula is C17H24O3. The molecule has 1 aromatic rings. The van der Waals surface area contributed by atoms with Gasteiger partial charge in [-0.3, -0.25) is 0 Å². The molecule has 0 saturated heterocycles. The quantitative estimate of drug-likeness (QED) is 0.641. The van der Waals surface area contributed by atoms with Crippen LogP contribution in [0, 0.1) is 24.7 Å². The molecule has 3 nitrogen and oxygen atoms in total. The summed E-state index contributed by atoms with van der Waals surface area (Å²) >= 11 is 0. The third kappa shape index (κ3) is 11.2. The van der Waals surface area contributed by atoms with Crippen molar-refractivity contribution in [1.29, 1.82) is 0 Å². The van der Waals surface area contributed by atoms with Gasteiger partial charge >= 0.3 is 0 Å². The molecule has 0 atom stereocenters. The molecule has 0 aliphatic heterocycles. The van der Waals surface area contributed by atoms with E-state index in [0.29, 0.717) is 26.1 Å². The highest BCUT2D eigenvalue weighted by molar-refractivity contribution is 5.26. The summed E-state index contributed by atoms with van der Waals surface area (Å²) in [5.41, 5.74) is 1.13. The Hall–Kier alpha value is -1.94. The van der Waals surface area contributed by atoms with Gasteiger partial charge in [0, 0.05) is 12.8 Å². The minimum atomic E-state index is 0. The monoisotopic (exact) mass is 276 g/mol. The lowest BCUT2D eigenvalue weighted by molar-refractivity contribution is 0.126. The van der Waals surface area contributed by atoms with Crippen molar-refractivity contribution >= 4 is 0 Å². The minimum absolute atomic E-state index is 0. The van der Waals surface area contributed by atoms with Crippen molar-refractivity contribution in [3.8, 4) is 30.4 Å². The molecule has 20 heavy (non-hydrogen) atoms. The van der Waals surface area contributed by atoms with Gasteiger partial charge in [-0.1, -0.05) is 19.6 Å². The first-order valence-electron chi connectivity index (χ1n) is 5.97. The second kappa shape index (κ2) is 15.1. The third-order valence-corrected chi connectivity index (χ3v) is 2.07. The summed E-state index contributed by atoms with van der Waals surface area (Å²) in [4.78, 5) is 0. The van der Waals surface area contributed by atoms with Crippen LogP contribution in [0.2, 0.25) is 0 Å². The molecule has 0 saturated carbocycles. The van der Waals surface area contributed by atoms with E-state index in [2.05, 4.69) is 11.8 Å². The topological polar surface area (TPSA) is 38.7 Å². The van der Waals surface area contributed by atoms with Crippen molar-refractivity contribution in [2.75, 3.05) is 20.3 Å². The summed E-state index contributed by atoms with van der Waals surface area (Å²) in [5.74, 6) is 5.65. The number of methoxy groups -OCH3 is 1. The molecule has 0 unspecified atom stereocenters. The Kier molecular flexibility index (Phi) is 15.4. The zero-order chi connectivity index (χ0) is 14.3. The van der Waals surface area contributed by atoms with Gasteiger partial charge in [0.2, 0.25) is 0 Å². The molecule has 1 N–H and O–H groups in total. The van der Waals surface area contributed by atoms with Crippen molar-refractivity contribution in [2.45, 2.75) is 26.9 Å². The Bertz CT molecular complexity index is 396. The zero-order valence-electron chi connectivity index (χ0n) is 11.3. The first-order valence-corrected chi connectivity index (χ1v) is 5.97. The van der Waals surface area contributed by atoms with Gasteiger partial charge in [-0.25, -0.2) is 0 Å². The summed E-state index contributed by atoms with van der Waals surface area (Å²) in [7, 11) is 1.65. The van der Waals surface area contributed by atoms with Crippen molar-refractivity contribution in [1.82, 2.24) is 0 Å². The van der Waals surface area contributed by atoms with Crippen LogP contribution in [0.15, 0.2) is 24.3 Å². The Morgan fingerprint density at radius 2 is 1.70 bits per heavy atom. The van der Waals surface area contributed by atoms with Crippen molar-refractivity contribution in [2.24, 2.45) is 0 Å². The van der Waals surface area contributed by atoms with Gasteiger partial charge in [0.05, 0.1) is 26.9 Å². The first kappa shape index (κ1) is 20.4. The van der Waals surface area contributed by atoms with Crippen LogP contribution >= 0.6 is 0 Å². The van der Waals surface area contributed by atoms with Crippen LogP contribution in [-0.2, 0) is 11.3 Å². The van der Waals surface area contributed by atoms with Crippen LogP contribution < -0.4 is 4.74 Å². The number of aliphatic hydroxyl groups is 1. The van der Waals surface area contributed by atoms with Crippen molar-refractivity contribution in [3.05, 3.63) is 29.8 Å². The molecular weight excluding hydrogens is 252 g/mol. The van der Waals surface area contributed by atoms with E-state index < -0.39 is 0 Å². The highest BCUT2D eigenvalue weighted by Gasteiger charge is 1.93. The summed E-state index contributed by atoms with van der Waals surface area (Å²) in [6.45, 7) is 1.32. The fraction of sp³-hybridized carbons (Fsp3) is 0.412. The Morgan fingerprint density at radius 3 is 2.10 bits per heavy atom. The first-order chi connectivity index (χ1) is 9.28. The maximum atomic E-state index is 7.92. The largest absolute Gasteiger partial charge is 0.497 e. The number of aliphatic hydroxyl groups excluding tert-OH is 1. The Labute approximate surface area is 122 Å². The van der Waals surface area contributed by atoms with Crippen LogP contribution in [0.3, 0.4) is 0 Å². The smallest absolute Gasteiger partial charge is 0.118 e. The van der Waals surface area contributed by atoms with Gasteiger partial charge < -0.3 is 14.6 Å². The second-order valence-corrected chi connectivity index (χ2v) is 3.53. The van der Waals surface area contributed by atoms with E-state index in [0.717, 1.165) is 11.3 Å². The molecule has 0 aromatic heterocycles. The van der Waals surface area contributed by atoms with Crippen LogP contribution in [0.1, 0.15) is 25.8 Å². The molecule has 0 fully saturated rings. The fourth-order valence-electron chi connectivity index (χ4n) is 1.11. The molecule has 0 amide bonds. The van der Waals surface area contributed by atoms with E-state index in [4.69, 9.17) is 27.4 Å². The summed E-state index contributed by atoms with van der Waals surface area (Å²) in [5, 5.41) is 7.92. The van der Waals surface area contributed by atoms with Gasteiger partial charge in [0.1, 0.15) is 5.75 Å². The molecule has 0 radical (unpaired) electrons. The van der Waals surface area contributed by atoms with E-state index in [1.807, 2.05) is 24.3 Å². The van der Waals surface area contributed by atoms with Crippen molar-refractivity contribution < 1.29 is 14.6 Å². The maximum Gasteiger partial charge on any atom is 0.118 e. The highest BCUT2D eigenvalue weighted by atomic mass is 16.5. The maximum absolute atomic E-state index is 7.92. The molecule has 1 aromatic carbocycles. The Morgan fingerprint density at radius 1 is 1.10 bits per heavy atom. The normalized spacial score (nSPS) is 8.20. The molecule has 0 bridgehead atoms. The number of hydrogen-bond acceptors (Lipinski definition) is 3. The van der Waals surface area contributed by atoms with Gasteiger partial charge in [0.25, 0.3) is 0 Å². The van der Waals surface area contributed by atoms with Crippen molar-refractivity contribution in [3.63, 3.8) is 0 Å². The fourth-order valence-corrected chi connectivity index (χ4v) is 1.11.